The van der Waals surface area contributed by atoms with Gasteiger partial charge in [-0.25, -0.2) is 0 Å². The van der Waals surface area contributed by atoms with Crippen LogP contribution in [0.15, 0.2) is 72.9 Å². The monoisotopic (exact) mass is 1000 g/mol. The summed E-state index contributed by atoms with van der Waals surface area (Å²) >= 11 is 0. The second kappa shape index (κ2) is 62.6. The highest BCUT2D eigenvalue weighted by Gasteiger charge is 2.16. The van der Waals surface area contributed by atoms with E-state index in [2.05, 4.69) is 86.8 Å². The largest absolute Gasteiger partial charge is 0.462 e. The van der Waals surface area contributed by atoms with E-state index in [1.165, 1.54) is 218 Å². The molecule has 0 radical (unpaired) electrons. The number of hydrogen-bond acceptors (Lipinski definition) is 5. The van der Waals surface area contributed by atoms with Crippen molar-refractivity contribution in [2.75, 3.05) is 13.2 Å². The minimum absolute atomic E-state index is 0.0646. The average molecular weight is 1010 g/mol. The Hall–Kier alpha value is -2.66. The molecule has 1 N–H and O–H groups in total. The lowest BCUT2D eigenvalue weighted by Gasteiger charge is -2.15. The lowest BCUT2D eigenvalue weighted by atomic mass is 10.0. The summed E-state index contributed by atoms with van der Waals surface area (Å²) in [7, 11) is 0. The molecule has 5 heteroatoms. The Bertz CT molecular complexity index is 1270. The molecule has 72 heavy (non-hydrogen) atoms. The molecular weight excluding hydrogens is 885 g/mol. The molecule has 0 aromatic carbocycles. The molecule has 1 unspecified atom stereocenters. The third-order valence-electron chi connectivity index (χ3n) is 14.0. The number of carbonyl (C=O) groups is 2. The van der Waals surface area contributed by atoms with Crippen LogP contribution in [-0.2, 0) is 19.1 Å². The van der Waals surface area contributed by atoms with E-state index in [-0.39, 0.29) is 25.2 Å². The number of unbranched alkanes of at least 4 members (excludes halogenated alkanes) is 38. The van der Waals surface area contributed by atoms with Gasteiger partial charge in [-0.05, 0) is 64.2 Å². The van der Waals surface area contributed by atoms with Crippen molar-refractivity contribution >= 4 is 11.9 Å². The lowest BCUT2D eigenvalue weighted by Crippen LogP contribution is -2.28. The Kier molecular flexibility index (Phi) is 60.3. The Labute approximate surface area is 448 Å². The molecule has 0 saturated carbocycles. The first-order valence-corrected chi connectivity index (χ1v) is 31.5. The van der Waals surface area contributed by atoms with Gasteiger partial charge in [-0.2, -0.15) is 0 Å². The fourth-order valence-corrected chi connectivity index (χ4v) is 9.33. The van der Waals surface area contributed by atoms with E-state index in [1.807, 2.05) is 0 Å². The molecule has 0 aliphatic heterocycles. The van der Waals surface area contributed by atoms with Gasteiger partial charge in [0, 0.05) is 12.8 Å². The molecule has 0 amide bonds. The van der Waals surface area contributed by atoms with Gasteiger partial charge < -0.3 is 14.6 Å². The summed E-state index contributed by atoms with van der Waals surface area (Å²) < 4.78 is 10.7. The highest BCUT2D eigenvalue weighted by Crippen LogP contribution is 2.18. The maximum atomic E-state index is 12.3. The van der Waals surface area contributed by atoms with Crippen LogP contribution in [0.4, 0.5) is 0 Å². The molecule has 0 bridgehead atoms. The van der Waals surface area contributed by atoms with E-state index in [4.69, 9.17) is 9.47 Å². The summed E-state index contributed by atoms with van der Waals surface area (Å²) in [6.45, 7) is 4.07. The van der Waals surface area contributed by atoms with Gasteiger partial charge in [0.1, 0.15) is 6.61 Å². The number of ether oxygens (including phenoxy) is 2. The highest BCUT2D eigenvalue weighted by atomic mass is 16.6. The van der Waals surface area contributed by atoms with Gasteiger partial charge in [-0.3, -0.25) is 9.59 Å². The maximum Gasteiger partial charge on any atom is 0.306 e. The molecule has 5 nitrogen and oxygen atoms in total. The van der Waals surface area contributed by atoms with E-state index in [1.54, 1.807) is 0 Å². The van der Waals surface area contributed by atoms with Gasteiger partial charge >= 0.3 is 11.9 Å². The lowest BCUT2D eigenvalue weighted by molar-refractivity contribution is -0.161. The quantitative estimate of drug-likeness (QED) is 0.0373. The third-order valence-corrected chi connectivity index (χ3v) is 14.0. The van der Waals surface area contributed by atoms with Crippen LogP contribution in [0.2, 0.25) is 0 Å². The summed E-state index contributed by atoms with van der Waals surface area (Å²) in [4.78, 5) is 24.6. The number of allylic oxidation sites excluding steroid dienone is 12. The molecule has 0 rings (SSSR count). The first-order valence-electron chi connectivity index (χ1n) is 31.5. The van der Waals surface area contributed by atoms with Crippen LogP contribution in [0, 0.1) is 0 Å². The zero-order valence-corrected chi connectivity index (χ0v) is 47.9. The van der Waals surface area contributed by atoms with Gasteiger partial charge in [0.25, 0.3) is 0 Å². The number of aliphatic hydroxyl groups excluding tert-OH is 1. The molecule has 0 saturated heterocycles. The van der Waals surface area contributed by atoms with Crippen LogP contribution in [0.3, 0.4) is 0 Å². The van der Waals surface area contributed by atoms with E-state index >= 15 is 0 Å². The Balaban J connectivity index is 3.46. The molecule has 0 aromatic rings. The minimum atomic E-state index is -0.775. The molecular formula is C67H120O5. The summed E-state index contributed by atoms with van der Waals surface area (Å²) in [6, 6.07) is 0. The van der Waals surface area contributed by atoms with Crippen LogP contribution in [0.25, 0.3) is 0 Å². The van der Waals surface area contributed by atoms with Crippen LogP contribution in [-0.4, -0.2) is 36.4 Å². The van der Waals surface area contributed by atoms with E-state index in [9.17, 15) is 14.7 Å². The van der Waals surface area contributed by atoms with Gasteiger partial charge in [0.05, 0.1) is 6.61 Å². The number of carbonyl (C=O) groups excluding carboxylic acids is 2. The predicted molar refractivity (Wildman–Crippen MR) is 316 cm³/mol. The van der Waals surface area contributed by atoms with Crippen molar-refractivity contribution in [2.45, 2.75) is 328 Å². The molecule has 1 atom stereocenters. The fourth-order valence-electron chi connectivity index (χ4n) is 9.33. The maximum absolute atomic E-state index is 12.3. The molecule has 0 aliphatic carbocycles. The number of rotatable bonds is 58. The standard InChI is InChI=1S/C67H120O5/c1-3-5-7-9-11-13-15-17-19-21-23-25-27-29-31-32-33-34-36-38-40-42-44-46-48-50-52-54-56-58-60-62-67(70)72-65(63-68)64-71-66(69)61-59-57-55-53-51-49-47-45-43-41-39-37-35-30-28-26-24-22-20-18-16-14-12-10-8-6-4-2/h5,7,11,13,17,19,23,25,29,31,33-34,65,68H,3-4,6,8-10,12,14-16,18,20-22,24,26-28,30,32,35-64H2,1-2H3/b7-5-,13-11-,19-17-,25-23-,31-29-,34-33-. The Morgan fingerprint density at radius 2 is 0.597 bits per heavy atom. The topological polar surface area (TPSA) is 72.8 Å². The van der Waals surface area contributed by atoms with Gasteiger partial charge in [0.15, 0.2) is 6.10 Å². The van der Waals surface area contributed by atoms with Gasteiger partial charge in [-0.1, -0.05) is 318 Å². The van der Waals surface area contributed by atoms with Crippen molar-refractivity contribution < 1.29 is 24.2 Å². The summed E-state index contributed by atoms with van der Waals surface area (Å²) in [5.74, 6) is -0.579. The van der Waals surface area contributed by atoms with Crippen molar-refractivity contribution in [2.24, 2.45) is 0 Å². The van der Waals surface area contributed by atoms with Crippen LogP contribution < -0.4 is 0 Å². The van der Waals surface area contributed by atoms with Crippen molar-refractivity contribution in [3.8, 4) is 0 Å². The zero-order valence-electron chi connectivity index (χ0n) is 47.9. The molecule has 0 heterocycles. The van der Waals surface area contributed by atoms with Crippen LogP contribution in [0.1, 0.15) is 322 Å². The Morgan fingerprint density at radius 1 is 0.333 bits per heavy atom. The summed E-state index contributed by atoms with van der Waals surface area (Å²) in [5, 5.41) is 9.68. The normalized spacial score (nSPS) is 12.7. The summed E-state index contributed by atoms with van der Waals surface area (Å²) in [5.41, 5.74) is 0. The molecule has 0 fully saturated rings. The van der Waals surface area contributed by atoms with Crippen molar-refractivity contribution in [1.82, 2.24) is 0 Å². The molecule has 0 spiro atoms. The number of aliphatic hydroxyl groups is 1. The second-order valence-corrected chi connectivity index (χ2v) is 21.1. The second-order valence-electron chi connectivity index (χ2n) is 21.1. The minimum Gasteiger partial charge on any atom is -0.462 e. The first kappa shape index (κ1) is 69.3. The predicted octanol–water partition coefficient (Wildman–Crippen LogP) is 21.5. The smallest absolute Gasteiger partial charge is 0.306 e. The molecule has 0 aromatic heterocycles. The van der Waals surface area contributed by atoms with E-state index in [0.717, 1.165) is 77.0 Å². The van der Waals surface area contributed by atoms with Crippen molar-refractivity contribution in [3.63, 3.8) is 0 Å². The number of hydrogen-bond donors (Lipinski definition) is 1. The average Bonchev–Trinajstić information content (AvgIpc) is 3.38. The van der Waals surface area contributed by atoms with Gasteiger partial charge in [0.2, 0.25) is 0 Å². The zero-order chi connectivity index (χ0) is 52.0. The van der Waals surface area contributed by atoms with Crippen molar-refractivity contribution in [1.29, 1.82) is 0 Å². The van der Waals surface area contributed by atoms with Crippen molar-refractivity contribution in [3.05, 3.63) is 72.9 Å². The van der Waals surface area contributed by atoms with E-state index in [0.29, 0.717) is 12.8 Å². The van der Waals surface area contributed by atoms with Gasteiger partial charge in [-0.15, -0.1) is 0 Å². The molecule has 418 valence electrons. The van der Waals surface area contributed by atoms with Crippen LogP contribution in [0.5, 0.6) is 0 Å². The number of esters is 2. The van der Waals surface area contributed by atoms with Crippen LogP contribution >= 0.6 is 0 Å². The van der Waals surface area contributed by atoms with E-state index < -0.39 is 6.10 Å². The summed E-state index contributed by atoms with van der Waals surface area (Å²) in [6.07, 6.45) is 86.2. The third kappa shape index (κ3) is 59.9. The fraction of sp³-hybridized carbons (Fsp3) is 0.791. The molecule has 0 aliphatic rings. The SMILES string of the molecule is CC/C=C\C/C=C\C/C=C\C/C=C\C/C=C\C/C=C\CCCCCCCCCCCCCCC(=O)OC(CO)COC(=O)CCCCCCCCCCCCCCCCCCCCCCCCCCCCC. The highest BCUT2D eigenvalue weighted by molar-refractivity contribution is 5.70. The Morgan fingerprint density at radius 3 is 0.903 bits per heavy atom. The first-order chi connectivity index (χ1) is 35.6.